The van der Waals surface area contributed by atoms with Gasteiger partial charge in [-0.25, -0.2) is 8.78 Å². The van der Waals surface area contributed by atoms with Crippen LogP contribution in [0.3, 0.4) is 0 Å². The lowest BCUT2D eigenvalue weighted by molar-refractivity contribution is 0.0751. The monoisotopic (exact) mass is 375 g/mol. The summed E-state index contributed by atoms with van der Waals surface area (Å²) >= 11 is 0. The molecule has 0 spiro atoms. The second-order valence-electron chi connectivity index (χ2n) is 7.44. The second kappa shape index (κ2) is 7.76. The molecule has 2 aliphatic rings. The van der Waals surface area contributed by atoms with Crippen molar-refractivity contribution >= 4 is 5.91 Å². The average Bonchev–Trinajstić information content (AvgIpc) is 3.36. The standard InChI is InChI=1S/C20H23F2N3O2/c21-16-6-5-14(10-17(16)22)12-24-7-3-4-15(13-24)18-11-19(27-23-18)20(26)25-8-1-2-9-25/h5-6,10-11,15H,1-4,7-9,12-13H2/t15-/m0/s1. The molecule has 0 radical (unpaired) electrons. The third-order valence-electron chi connectivity index (χ3n) is 5.45. The highest BCUT2D eigenvalue weighted by molar-refractivity contribution is 5.91. The number of hydrogen-bond acceptors (Lipinski definition) is 4. The van der Waals surface area contributed by atoms with Crippen LogP contribution in [0, 0.1) is 11.6 Å². The van der Waals surface area contributed by atoms with Gasteiger partial charge in [-0.3, -0.25) is 9.69 Å². The van der Waals surface area contributed by atoms with Crippen LogP contribution in [0.5, 0.6) is 0 Å². The van der Waals surface area contributed by atoms with Gasteiger partial charge in [0.2, 0.25) is 5.76 Å². The summed E-state index contributed by atoms with van der Waals surface area (Å²) in [5.74, 6) is -1.24. The summed E-state index contributed by atoms with van der Waals surface area (Å²) < 4.78 is 31.9. The molecular formula is C20H23F2N3O2. The molecule has 2 aromatic rings. The number of hydrogen-bond donors (Lipinski definition) is 0. The summed E-state index contributed by atoms with van der Waals surface area (Å²) in [6.07, 6.45) is 4.03. The molecule has 3 heterocycles. The molecule has 144 valence electrons. The van der Waals surface area contributed by atoms with Crippen molar-refractivity contribution in [3.63, 3.8) is 0 Å². The van der Waals surface area contributed by atoms with Crippen LogP contribution >= 0.6 is 0 Å². The number of benzene rings is 1. The number of piperidine rings is 1. The quantitative estimate of drug-likeness (QED) is 0.820. The fourth-order valence-electron chi connectivity index (χ4n) is 3.99. The fraction of sp³-hybridized carbons (Fsp3) is 0.500. The SMILES string of the molecule is O=C(c1cc([C@H]2CCCN(Cc3ccc(F)c(F)c3)C2)no1)N1CCCC1. The maximum absolute atomic E-state index is 13.4. The van der Waals surface area contributed by atoms with Gasteiger partial charge in [-0.15, -0.1) is 0 Å². The zero-order valence-corrected chi connectivity index (χ0v) is 15.2. The first-order chi connectivity index (χ1) is 13.1. The van der Waals surface area contributed by atoms with E-state index in [1.807, 2.05) is 0 Å². The third-order valence-corrected chi connectivity index (χ3v) is 5.45. The van der Waals surface area contributed by atoms with Gasteiger partial charge >= 0.3 is 0 Å². The molecule has 7 heteroatoms. The number of carbonyl (C=O) groups is 1. The molecule has 0 N–H and O–H groups in total. The van der Waals surface area contributed by atoms with Gasteiger partial charge < -0.3 is 9.42 Å². The summed E-state index contributed by atoms with van der Waals surface area (Å²) in [6.45, 7) is 3.77. The van der Waals surface area contributed by atoms with Crippen LogP contribution in [0.1, 0.15) is 53.4 Å². The number of aromatic nitrogens is 1. The van der Waals surface area contributed by atoms with E-state index in [0.717, 1.165) is 63.1 Å². The number of rotatable bonds is 4. The molecule has 1 aromatic heterocycles. The van der Waals surface area contributed by atoms with Gasteiger partial charge in [-0.2, -0.15) is 0 Å². The van der Waals surface area contributed by atoms with Crippen molar-refractivity contribution < 1.29 is 18.1 Å². The van der Waals surface area contributed by atoms with E-state index < -0.39 is 11.6 Å². The smallest absolute Gasteiger partial charge is 0.292 e. The predicted octanol–water partition coefficient (Wildman–Crippen LogP) is 3.57. The largest absolute Gasteiger partial charge is 0.351 e. The van der Waals surface area contributed by atoms with E-state index >= 15 is 0 Å². The Labute approximate surface area is 156 Å². The first-order valence-corrected chi connectivity index (χ1v) is 9.52. The first kappa shape index (κ1) is 18.1. The van der Waals surface area contributed by atoms with Crippen LogP contribution in [0.15, 0.2) is 28.8 Å². The van der Waals surface area contributed by atoms with Gasteiger partial charge in [0.1, 0.15) is 0 Å². The Bertz CT molecular complexity index is 817. The van der Waals surface area contributed by atoms with Crippen molar-refractivity contribution in [1.82, 2.24) is 15.0 Å². The maximum Gasteiger partial charge on any atom is 0.292 e. The summed E-state index contributed by atoms with van der Waals surface area (Å²) in [6, 6.07) is 5.80. The van der Waals surface area contributed by atoms with Crippen LogP contribution in [-0.2, 0) is 6.54 Å². The Balaban J connectivity index is 1.40. The minimum Gasteiger partial charge on any atom is -0.351 e. The molecule has 1 aromatic carbocycles. The maximum atomic E-state index is 13.4. The summed E-state index contributed by atoms with van der Waals surface area (Å²) in [7, 11) is 0. The lowest BCUT2D eigenvalue weighted by Crippen LogP contribution is -2.34. The van der Waals surface area contributed by atoms with Crippen LogP contribution in [0.25, 0.3) is 0 Å². The zero-order valence-electron chi connectivity index (χ0n) is 15.2. The van der Waals surface area contributed by atoms with E-state index in [1.165, 1.54) is 12.1 Å². The molecule has 2 saturated heterocycles. The first-order valence-electron chi connectivity index (χ1n) is 9.52. The van der Waals surface area contributed by atoms with E-state index in [1.54, 1.807) is 17.0 Å². The van der Waals surface area contributed by atoms with Gasteiger partial charge in [0.15, 0.2) is 11.6 Å². The van der Waals surface area contributed by atoms with Crippen LogP contribution in [0.2, 0.25) is 0 Å². The molecular weight excluding hydrogens is 352 g/mol. The summed E-state index contributed by atoms with van der Waals surface area (Å²) in [4.78, 5) is 16.4. The summed E-state index contributed by atoms with van der Waals surface area (Å²) in [5.41, 5.74) is 1.55. The molecule has 1 atom stereocenters. The van der Waals surface area contributed by atoms with Gasteiger partial charge in [0, 0.05) is 38.2 Å². The lowest BCUT2D eigenvalue weighted by Gasteiger charge is -2.31. The van der Waals surface area contributed by atoms with E-state index in [-0.39, 0.29) is 11.8 Å². The molecule has 2 fully saturated rings. The lowest BCUT2D eigenvalue weighted by atomic mass is 9.94. The molecule has 5 nitrogen and oxygen atoms in total. The molecule has 0 aliphatic carbocycles. The van der Waals surface area contributed by atoms with E-state index in [2.05, 4.69) is 10.1 Å². The normalized spacial score (nSPS) is 21.0. The minimum atomic E-state index is -0.826. The highest BCUT2D eigenvalue weighted by Gasteiger charge is 2.28. The van der Waals surface area contributed by atoms with Gasteiger partial charge in [-0.1, -0.05) is 11.2 Å². The van der Waals surface area contributed by atoms with Gasteiger partial charge in [-0.05, 0) is 49.9 Å². The molecule has 0 bridgehead atoms. The number of likely N-dealkylation sites (tertiary alicyclic amines) is 2. The number of nitrogens with zero attached hydrogens (tertiary/aromatic N) is 3. The van der Waals surface area contributed by atoms with Crippen LogP contribution < -0.4 is 0 Å². The Morgan fingerprint density at radius 1 is 1.11 bits per heavy atom. The van der Waals surface area contributed by atoms with Crippen molar-refractivity contribution in [1.29, 1.82) is 0 Å². The molecule has 1 amide bonds. The number of carbonyl (C=O) groups excluding carboxylic acids is 1. The van der Waals surface area contributed by atoms with Crippen LogP contribution in [-0.4, -0.2) is 47.0 Å². The van der Waals surface area contributed by atoms with E-state index in [9.17, 15) is 13.6 Å². The second-order valence-corrected chi connectivity index (χ2v) is 7.44. The van der Waals surface area contributed by atoms with Crippen molar-refractivity contribution in [2.24, 2.45) is 0 Å². The van der Waals surface area contributed by atoms with Crippen LogP contribution in [0.4, 0.5) is 8.78 Å². The number of amides is 1. The third kappa shape index (κ3) is 4.03. The Morgan fingerprint density at radius 3 is 2.70 bits per heavy atom. The van der Waals surface area contributed by atoms with E-state index in [4.69, 9.17) is 4.52 Å². The van der Waals surface area contributed by atoms with Crippen molar-refractivity contribution in [3.8, 4) is 0 Å². The fourth-order valence-corrected chi connectivity index (χ4v) is 3.99. The highest BCUT2D eigenvalue weighted by Crippen LogP contribution is 2.28. The topological polar surface area (TPSA) is 49.6 Å². The molecule has 2 aliphatic heterocycles. The Kier molecular flexibility index (Phi) is 5.20. The van der Waals surface area contributed by atoms with Crippen molar-refractivity contribution in [3.05, 3.63) is 52.9 Å². The summed E-state index contributed by atoms with van der Waals surface area (Å²) in [5, 5.41) is 4.14. The van der Waals surface area contributed by atoms with Crippen molar-refractivity contribution in [2.45, 2.75) is 38.1 Å². The highest BCUT2D eigenvalue weighted by atomic mass is 19.2. The molecule has 0 saturated carbocycles. The van der Waals surface area contributed by atoms with Crippen molar-refractivity contribution in [2.75, 3.05) is 26.2 Å². The zero-order chi connectivity index (χ0) is 18.8. The minimum absolute atomic E-state index is 0.0827. The average molecular weight is 375 g/mol. The molecule has 0 unspecified atom stereocenters. The Morgan fingerprint density at radius 2 is 1.93 bits per heavy atom. The molecule has 27 heavy (non-hydrogen) atoms. The van der Waals surface area contributed by atoms with E-state index in [0.29, 0.717) is 12.3 Å². The Hall–Kier alpha value is -2.28. The predicted molar refractivity (Wildman–Crippen MR) is 95.3 cm³/mol. The van der Waals surface area contributed by atoms with Gasteiger partial charge in [0.05, 0.1) is 5.69 Å². The van der Waals surface area contributed by atoms with Gasteiger partial charge in [0.25, 0.3) is 5.91 Å². The number of halogens is 2. The molecule has 4 rings (SSSR count).